The molecule has 0 aliphatic carbocycles. The van der Waals surface area contributed by atoms with Crippen molar-refractivity contribution in [2.24, 2.45) is 7.05 Å². The smallest absolute Gasteiger partial charge is 0.232 e. The summed E-state index contributed by atoms with van der Waals surface area (Å²) >= 11 is 13.1. The fraction of sp³-hybridized carbons (Fsp3) is 0.417. The number of likely N-dealkylation sites (N-methyl/N-ethyl adjacent to an activating group) is 1. The molecule has 2 aromatic carbocycles. The zero-order valence-corrected chi connectivity index (χ0v) is 33.1. The number of methoxy groups -OCH3 is 1. The number of halogens is 2. The van der Waals surface area contributed by atoms with E-state index in [2.05, 4.69) is 63.2 Å². The zero-order valence-electron chi connectivity index (χ0n) is 30.6. The number of hydrogen-bond acceptors (Lipinski definition) is 10. The van der Waals surface area contributed by atoms with Crippen LogP contribution in [0.15, 0.2) is 55.0 Å². The van der Waals surface area contributed by atoms with Gasteiger partial charge in [0.25, 0.3) is 0 Å². The molecular formula is C36H45Cl2N11O2Si. The highest BCUT2D eigenvalue weighted by molar-refractivity contribution is 6.76. The highest BCUT2D eigenvalue weighted by Gasteiger charge is 2.26. The third-order valence-electron chi connectivity index (χ3n) is 9.37. The van der Waals surface area contributed by atoms with Gasteiger partial charge in [-0.15, -0.1) is 0 Å². The van der Waals surface area contributed by atoms with Crippen molar-refractivity contribution in [1.29, 1.82) is 0 Å². The van der Waals surface area contributed by atoms with Crippen LogP contribution in [0, 0.1) is 0 Å². The van der Waals surface area contributed by atoms with Gasteiger partial charge in [0.1, 0.15) is 18.3 Å². The van der Waals surface area contributed by atoms with Gasteiger partial charge in [0, 0.05) is 71.8 Å². The van der Waals surface area contributed by atoms with Crippen LogP contribution in [0.3, 0.4) is 0 Å². The number of hydrogen-bond donors (Lipinski definition) is 0. The maximum Gasteiger partial charge on any atom is 0.232 e. The van der Waals surface area contributed by atoms with Gasteiger partial charge in [-0.1, -0.05) is 55.0 Å². The molecule has 1 saturated heterocycles. The van der Waals surface area contributed by atoms with Gasteiger partial charge in [-0.2, -0.15) is 24.7 Å². The second-order valence-corrected chi connectivity index (χ2v) is 21.0. The summed E-state index contributed by atoms with van der Waals surface area (Å²) in [7, 11) is 4.42. The van der Waals surface area contributed by atoms with Crippen LogP contribution in [0.2, 0.25) is 35.7 Å². The number of benzene rings is 2. The fourth-order valence-electron chi connectivity index (χ4n) is 6.26. The Balaban J connectivity index is 1.36. The highest BCUT2D eigenvalue weighted by atomic mass is 35.5. The number of aryl methyl sites for hydroxylation is 1. The lowest BCUT2D eigenvalue weighted by atomic mass is 10.2. The molecular weight excluding hydrogens is 717 g/mol. The maximum atomic E-state index is 6.57. The molecule has 0 atom stereocenters. The van der Waals surface area contributed by atoms with Gasteiger partial charge in [-0.05, 0) is 42.9 Å². The highest BCUT2D eigenvalue weighted by Crippen LogP contribution is 2.32. The Morgan fingerprint density at radius 1 is 0.885 bits per heavy atom. The Labute approximate surface area is 314 Å². The molecule has 4 aromatic heterocycles. The third-order valence-corrected chi connectivity index (χ3v) is 11.8. The molecule has 16 heteroatoms. The van der Waals surface area contributed by atoms with Crippen molar-refractivity contribution in [3.63, 3.8) is 0 Å². The van der Waals surface area contributed by atoms with Crippen molar-refractivity contribution in [1.82, 2.24) is 43.8 Å². The van der Waals surface area contributed by atoms with Crippen LogP contribution in [0.5, 0.6) is 5.75 Å². The molecule has 0 spiro atoms. The molecule has 0 N–H and O–H groups in total. The molecule has 0 unspecified atom stereocenters. The summed E-state index contributed by atoms with van der Waals surface area (Å²) in [6, 6.07) is 12.8. The number of anilines is 2. The average molecular weight is 763 g/mol. The Morgan fingerprint density at radius 3 is 2.33 bits per heavy atom. The molecule has 1 fully saturated rings. The SMILES string of the molecule is COc1ccc(CN(Cc2nc3cc(Cl)c(Cl)cc3n2COCC[Si](C)(C)C)c2nc(N3CCN(C)CC3)nc3c(-c4cnn(C)c4)cnn23)cc1. The van der Waals surface area contributed by atoms with Gasteiger partial charge < -0.3 is 28.7 Å². The fourth-order valence-corrected chi connectivity index (χ4v) is 7.33. The number of imidazole rings is 1. The normalized spacial score (nSPS) is 14.2. The molecule has 1 aliphatic rings. The molecule has 6 aromatic rings. The summed E-state index contributed by atoms with van der Waals surface area (Å²) in [5.74, 6) is 2.86. The van der Waals surface area contributed by atoms with E-state index >= 15 is 0 Å². The third kappa shape index (κ3) is 7.91. The van der Waals surface area contributed by atoms with E-state index in [0.29, 0.717) is 54.0 Å². The van der Waals surface area contributed by atoms with E-state index in [-0.39, 0.29) is 0 Å². The van der Waals surface area contributed by atoms with E-state index in [1.54, 1.807) is 11.8 Å². The van der Waals surface area contributed by atoms with Gasteiger partial charge >= 0.3 is 0 Å². The number of piperazine rings is 1. The van der Waals surface area contributed by atoms with Crippen LogP contribution >= 0.6 is 23.2 Å². The van der Waals surface area contributed by atoms with E-state index in [4.69, 9.17) is 52.7 Å². The van der Waals surface area contributed by atoms with Gasteiger partial charge in [0.15, 0.2) is 5.65 Å². The van der Waals surface area contributed by atoms with Crippen LogP contribution in [0.1, 0.15) is 11.4 Å². The Morgan fingerprint density at radius 2 is 1.63 bits per heavy atom. The molecule has 52 heavy (non-hydrogen) atoms. The maximum absolute atomic E-state index is 6.57. The Hall–Kier alpha value is -4.21. The van der Waals surface area contributed by atoms with Crippen LogP contribution in [0.4, 0.5) is 11.9 Å². The molecule has 0 bridgehead atoms. The summed E-state index contributed by atoms with van der Waals surface area (Å²) in [5.41, 5.74) is 5.17. The first-order valence-electron chi connectivity index (χ1n) is 17.4. The summed E-state index contributed by atoms with van der Waals surface area (Å²) in [5, 5.41) is 10.2. The number of fused-ring (bicyclic) bond motifs is 2. The first-order chi connectivity index (χ1) is 25.0. The number of ether oxygens (including phenoxy) is 2. The van der Waals surface area contributed by atoms with Crippen LogP contribution in [0.25, 0.3) is 27.8 Å². The van der Waals surface area contributed by atoms with Gasteiger partial charge in [-0.25, -0.2) is 4.98 Å². The minimum Gasteiger partial charge on any atom is -0.497 e. The predicted molar refractivity (Wildman–Crippen MR) is 209 cm³/mol. The van der Waals surface area contributed by atoms with E-state index in [1.165, 1.54) is 0 Å². The van der Waals surface area contributed by atoms with Crippen molar-refractivity contribution in [2.45, 2.75) is 45.5 Å². The molecule has 7 rings (SSSR count). The van der Waals surface area contributed by atoms with Crippen molar-refractivity contribution >= 4 is 59.9 Å². The molecule has 274 valence electrons. The van der Waals surface area contributed by atoms with E-state index < -0.39 is 8.07 Å². The molecule has 0 saturated carbocycles. The zero-order chi connectivity index (χ0) is 36.6. The van der Waals surface area contributed by atoms with Gasteiger partial charge in [0.2, 0.25) is 11.9 Å². The first-order valence-corrected chi connectivity index (χ1v) is 21.9. The summed E-state index contributed by atoms with van der Waals surface area (Å²) in [6.07, 6.45) is 5.66. The lowest BCUT2D eigenvalue weighted by Crippen LogP contribution is -2.45. The first kappa shape index (κ1) is 36.2. The molecule has 1 aliphatic heterocycles. The van der Waals surface area contributed by atoms with Crippen molar-refractivity contribution < 1.29 is 9.47 Å². The lowest BCUT2D eigenvalue weighted by molar-refractivity contribution is 0.0878. The van der Waals surface area contributed by atoms with Crippen LogP contribution < -0.4 is 14.5 Å². The van der Waals surface area contributed by atoms with Crippen LogP contribution in [-0.4, -0.2) is 98.8 Å². The lowest BCUT2D eigenvalue weighted by Gasteiger charge is -2.33. The molecule has 13 nitrogen and oxygen atoms in total. The second kappa shape index (κ2) is 15.0. The summed E-state index contributed by atoms with van der Waals surface area (Å²) in [4.78, 5) is 22.3. The largest absolute Gasteiger partial charge is 0.497 e. The molecule has 0 amide bonds. The second-order valence-electron chi connectivity index (χ2n) is 14.6. The van der Waals surface area contributed by atoms with Crippen molar-refractivity contribution in [2.75, 3.05) is 56.7 Å². The number of rotatable bonds is 13. The minimum atomic E-state index is -1.30. The molecule has 0 radical (unpaired) electrons. The van der Waals surface area contributed by atoms with Gasteiger partial charge in [0.05, 0.1) is 47.1 Å². The van der Waals surface area contributed by atoms with E-state index in [1.807, 2.05) is 54.4 Å². The number of nitrogens with zero attached hydrogens (tertiary/aromatic N) is 11. The average Bonchev–Trinajstić information content (AvgIpc) is 3.83. The Bertz CT molecular complexity index is 2170. The van der Waals surface area contributed by atoms with Crippen molar-refractivity contribution in [3.8, 4) is 16.9 Å². The molecule has 5 heterocycles. The standard InChI is InChI=1S/C36H45Cl2N11O2Si/c1-44-11-13-46(14-12-44)35-42-34-28(26-19-39-45(2)22-26)20-40-49(34)36(43-35)47(21-25-7-9-27(50-3)10-8-25)23-33-41-31-17-29(37)30(38)18-32(31)48(33)24-51-15-16-52(4,5)6/h7-10,17-20,22H,11-16,21,23-24H2,1-6H3. The Kier molecular flexibility index (Phi) is 10.5. The summed E-state index contributed by atoms with van der Waals surface area (Å²) in [6.45, 7) is 12.4. The minimum absolute atomic E-state index is 0.323. The van der Waals surface area contributed by atoms with Crippen molar-refractivity contribution in [3.05, 3.63) is 76.4 Å². The van der Waals surface area contributed by atoms with E-state index in [0.717, 1.165) is 71.5 Å². The predicted octanol–water partition coefficient (Wildman–Crippen LogP) is 6.46. The van der Waals surface area contributed by atoms with E-state index in [9.17, 15) is 0 Å². The summed E-state index contributed by atoms with van der Waals surface area (Å²) < 4.78 is 17.5. The van der Waals surface area contributed by atoms with Crippen LogP contribution in [-0.2, 0) is 31.6 Å². The monoisotopic (exact) mass is 761 g/mol. The number of aromatic nitrogens is 8. The van der Waals surface area contributed by atoms with Gasteiger partial charge in [-0.3, -0.25) is 4.68 Å². The topological polar surface area (TPSA) is 107 Å². The quantitative estimate of drug-likeness (QED) is 0.0962.